The van der Waals surface area contributed by atoms with Crippen molar-refractivity contribution in [3.8, 4) is 0 Å². The van der Waals surface area contributed by atoms with E-state index in [1.165, 1.54) is 11.0 Å². The summed E-state index contributed by atoms with van der Waals surface area (Å²) in [6.45, 7) is 2.79. The Morgan fingerprint density at radius 3 is 3.07 bits per heavy atom. The first-order valence-corrected chi connectivity index (χ1v) is 4.80. The van der Waals surface area contributed by atoms with Gasteiger partial charge in [0.25, 0.3) is 0 Å². The van der Waals surface area contributed by atoms with E-state index in [1.54, 1.807) is 0 Å². The van der Waals surface area contributed by atoms with Gasteiger partial charge < -0.3 is 10.4 Å². The van der Waals surface area contributed by atoms with Crippen LogP contribution in [0.4, 0.5) is 0 Å². The van der Waals surface area contributed by atoms with Crippen LogP contribution in [-0.4, -0.2) is 44.4 Å². The Balaban J connectivity index is 2.19. The molecule has 2 N–H and O–H groups in total. The van der Waals surface area contributed by atoms with Crippen LogP contribution in [0.15, 0.2) is 6.33 Å². The number of nitrogens with one attached hydrogen (secondary N) is 1. The lowest BCUT2D eigenvalue weighted by molar-refractivity contribution is -0.122. The van der Waals surface area contributed by atoms with E-state index in [0.29, 0.717) is 13.0 Å². The summed E-state index contributed by atoms with van der Waals surface area (Å²) in [7, 11) is 0. The van der Waals surface area contributed by atoms with Gasteiger partial charge in [-0.3, -0.25) is 4.79 Å². The van der Waals surface area contributed by atoms with Gasteiger partial charge in [0.1, 0.15) is 12.9 Å². The summed E-state index contributed by atoms with van der Waals surface area (Å²) in [5.74, 6) is 0.139. The summed E-state index contributed by atoms with van der Waals surface area (Å²) in [5, 5.41) is 21.8. The van der Waals surface area contributed by atoms with Crippen LogP contribution in [-0.2, 0) is 11.3 Å². The van der Waals surface area contributed by atoms with Gasteiger partial charge in [0.2, 0.25) is 5.91 Å². The van der Waals surface area contributed by atoms with Gasteiger partial charge in [-0.15, -0.1) is 5.10 Å². The first kappa shape index (κ1) is 11.6. The van der Waals surface area contributed by atoms with Crippen LogP contribution in [0.1, 0.15) is 13.3 Å². The van der Waals surface area contributed by atoms with Gasteiger partial charge in [0.15, 0.2) is 0 Å². The van der Waals surface area contributed by atoms with E-state index in [9.17, 15) is 4.79 Å². The number of nitrogens with zero attached hydrogens (tertiary/aromatic N) is 4. The summed E-state index contributed by atoms with van der Waals surface area (Å²) in [4.78, 5) is 11.3. The van der Waals surface area contributed by atoms with Crippen molar-refractivity contribution in [2.75, 3.05) is 13.2 Å². The molecule has 0 aromatic carbocycles. The topological polar surface area (TPSA) is 92.9 Å². The van der Waals surface area contributed by atoms with Crippen molar-refractivity contribution in [1.82, 2.24) is 25.5 Å². The Labute approximate surface area is 87.5 Å². The smallest absolute Gasteiger partial charge is 0.241 e. The van der Waals surface area contributed by atoms with Gasteiger partial charge in [0, 0.05) is 13.2 Å². The number of rotatable bonds is 6. The first-order valence-electron chi connectivity index (χ1n) is 4.80. The number of aliphatic hydroxyl groups is 1. The van der Waals surface area contributed by atoms with Crippen molar-refractivity contribution in [3.63, 3.8) is 0 Å². The van der Waals surface area contributed by atoms with Gasteiger partial charge in [0.05, 0.1) is 0 Å². The SMILES string of the molecule is CC(CCO)CNC(=O)Cn1cnnn1. The molecule has 0 aliphatic carbocycles. The standard InChI is InChI=1S/C8H15N5O2/c1-7(2-3-14)4-9-8(15)5-13-6-10-11-12-13/h6-7,14H,2-5H2,1H3,(H,9,15). The lowest BCUT2D eigenvalue weighted by atomic mass is 10.1. The van der Waals surface area contributed by atoms with E-state index in [-0.39, 0.29) is 25.0 Å². The maximum Gasteiger partial charge on any atom is 0.241 e. The molecule has 1 aromatic rings. The zero-order chi connectivity index (χ0) is 11.1. The van der Waals surface area contributed by atoms with Crippen LogP contribution in [0, 0.1) is 5.92 Å². The monoisotopic (exact) mass is 213 g/mol. The quantitative estimate of drug-likeness (QED) is 0.619. The molecule has 1 rings (SSSR count). The largest absolute Gasteiger partial charge is 0.396 e. The predicted molar refractivity (Wildman–Crippen MR) is 51.7 cm³/mol. The van der Waals surface area contributed by atoms with E-state index in [4.69, 9.17) is 5.11 Å². The molecule has 7 heteroatoms. The third kappa shape index (κ3) is 4.50. The predicted octanol–water partition coefficient (Wildman–Crippen LogP) is -1.19. The van der Waals surface area contributed by atoms with Crippen molar-refractivity contribution >= 4 is 5.91 Å². The Kier molecular flexibility index (Phi) is 4.69. The highest BCUT2D eigenvalue weighted by molar-refractivity contribution is 5.75. The fraction of sp³-hybridized carbons (Fsp3) is 0.750. The molecule has 1 aromatic heterocycles. The van der Waals surface area contributed by atoms with Crippen molar-refractivity contribution in [3.05, 3.63) is 6.33 Å². The van der Waals surface area contributed by atoms with E-state index < -0.39 is 0 Å². The van der Waals surface area contributed by atoms with Crippen molar-refractivity contribution in [1.29, 1.82) is 0 Å². The van der Waals surface area contributed by atoms with Crippen molar-refractivity contribution in [2.24, 2.45) is 5.92 Å². The summed E-state index contributed by atoms with van der Waals surface area (Å²) in [6.07, 6.45) is 2.07. The normalized spacial score (nSPS) is 12.4. The Morgan fingerprint density at radius 1 is 1.67 bits per heavy atom. The van der Waals surface area contributed by atoms with E-state index in [1.807, 2.05) is 6.92 Å². The number of aliphatic hydroxyl groups excluding tert-OH is 1. The maximum absolute atomic E-state index is 11.3. The second-order valence-electron chi connectivity index (χ2n) is 3.43. The molecule has 0 spiro atoms. The summed E-state index contributed by atoms with van der Waals surface area (Å²) >= 11 is 0. The molecule has 15 heavy (non-hydrogen) atoms. The number of hydrogen-bond acceptors (Lipinski definition) is 5. The summed E-state index contributed by atoms with van der Waals surface area (Å²) < 4.78 is 1.35. The summed E-state index contributed by atoms with van der Waals surface area (Å²) in [6, 6.07) is 0. The maximum atomic E-state index is 11.3. The second kappa shape index (κ2) is 6.07. The van der Waals surface area contributed by atoms with E-state index in [2.05, 4.69) is 20.8 Å². The molecule has 84 valence electrons. The number of hydrogen-bond donors (Lipinski definition) is 2. The van der Waals surface area contributed by atoms with Crippen LogP contribution in [0.2, 0.25) is 0 Å². The van der Waals surface area contributed by atoms with Crippen LogP contribution < -0.4 is 5.32 Å². The highest BCUT2D eigenvalue weighted by Crippen LogP contribution is 1.97. The third-order valence-corrected chi connectivity index (χ3v) is 1.97. The van der Waals surface area contributed by atoms with Crippen LogP contribution in [0.5, 0.6) is 0 Å². The molecule has 0 aliphatic heterocycles. The van der Waals surface area contributed by atoms with Gasteiger partial charge in [-0.2, -0.15) is 0 Å². The lowest BCUT2D eigenvalue weighted by Gasteiger charge is -2.10. The highest BCUT2D eigenvalue weighted by Gasteiger charge is 2.06. The Hall–Kier alpha value is -1.50. The van der Waals surface area contributed by atoms with E-state index >= 15 is 0 Å². The Morgan fingerprint density at radius 2 is 2.47 bits per heavy atom. The van der Waals surface area contributed by atoms with Gasteiger partial charge in [-0.05, 0) is 22.8 Å². The molecule has 0 bridgehead atoms. The van der Waals surface area contributed by atoms with Gasteiger partial charge >= 0.3 is 0 Å². The molecule has 0 aliphatic rings. The first-order chi connectivity index (χ1) is 7.22. The molecular weight excluding hydrogens is 198 g/mol. The Bertz CT molecular complexity index is 287. The van der Waals surface area contributed by atoms with Gasteiger partial charge in [-0.25, -0.2) is 4.68 Å². The minimum atomic E-state index is -0.132. The molecule has 0 saturated heterocycles. The van der Waals surface area contributed by atoms with Crippen molar-refractivity contribution in [2.45, 2.75) is 19.9 Å². The molecule has 0 fully saturated rings. The molecule has 0 saturated carbocycles. The van der Waals surface area contributed by atoms with Crippen LogP contribution in [0.3, 0.4) is 0 Å². The molecule has 7 nitrogen and oxygen atoms in total. The van der Waals surface area contributed by atoms with Gasteiger partial charge in [-0.1, -0.05) is 6.92 Å². The number of amides is 1. The molecule has 1 unspecified atom stereocenters. The minimum absolute atomic E-state index is 0.124. The molecule has 0 radical (unpaired) electrons. The number of tetrazole rings is 1. The second-order valence-corrected chi connectivity index (χ2v) is 3.43. The van der Waals surface area contributed by atoms with E-state index in [0.717, 1.165) is 0 Å². The zero-order valence-electron chi connectivity index (χ0n) is 8.63. The third-order valence-electron chi connectivity index (χ3n) is 1.97. The number of carbonyl (C=O) groups is 1. The fourth-order valence-corrected chi connectivity index (χ4v) is 1.07. The molecular formula is C8H15N5O2. The average molecular weight is 213 g/mol. The number of aromatic nitrogens is 4. The lowest BCUT2D eigenvalue weighted by Crippen LogP contribution is -2.31. The molecule has 1 atom stereocenters. The number of carbonyl (C=O) groups excluding carboxylic acids is 1. The fourth-order valence-electron chi connectivity index (χ4n) is 1.07. The van der Waals surface area contributed by atoms with Crippen molar-refractivity contribution < 1.29 is 9.90 Å². The van der Waals surface area contributed by atoms with Crippen LogP contribution >= 0.6 is 0 Å². The molecule has 1 amide bonds. The molecule has 1 heterocycles. The minimum Gasteiger partial charge on any atom is -0.396 e. The average Bonchev–Trinajstić information content (AvgIpc) is 2.68. The highest BCUT2D eigenvalue weighted by atomic mass is 16.3. The summed E-state index contributed by atoms with van der Waals surface area (Å²) in [5.41, 5.74) is 0. The van der Waals surface area contributed by atoms with Crippen LogP contribution in [0.25, 0.3) is 0 Å². The zero-order valence-corrected chi connectivity index (χ0v) is 8.63.